The Hall–Kier alpha value is -1.29. The second-order valence-electron chi connectivity index (χ2n) is 6.03. The Morgan fingerprint density at radius 1 is 1.43 bits per heavy atom. The molecule has 0 spiro atoms. The molecule has 0 radical (unpaired) electrons. The third kappa shape index (κ3) is 4.34. The summed E-state index contributed by atoms with van der Waals surface area (Å²) in [5, 5.41) is 0. The molecule has 1 fully saturated rings. The fourth-order valence-electron chi connectivity index (χ4n) is 3.15. The van der Waals surface area contributed by atoms with Gasteiger partial charge in [0.25, 0.3) is 0 Å². The van der Waals surface area contributed by atoms with E-state index < -0.39 is 5.82 Å². The van der Waals surface area contributed by atoms with Gasteiger partial charge in [-0.1, -0.05) is 26.7 Å². The number of nitrogens with zero attached hydrogens (tertiary/aromatic N) is 2. The SMILES string of the molecule is CCC1CCCCCN1CC(C)C(=O)c1ccc(F)cn1. The Morgan fingerprint density at radius 3 is 2.90 bits per heavy atom. The molecule has 1 saturated heterocycles. The maximum absolute atomic E-state index is 12.9. The summed E-state index contributed by atoms with van der Waals surface area (Å²) < 4.78 is 12.9. The van der Waals surface area contributed by atoms with Crippen molar-refractivity contribution in [2.45, 2.75) is 52.0 Å². The summed E-state index contributed by atoms with van der Waals surface area (Å²) in [5.74, 6) is -0.498. The van der Waals surface area contributed by atoms with Crippen LogP contribution in [0.15, 0.2) is 18.3 Å². The number of Topliss-reactive ketones (excluding diaryl/α,β-unsaturated/α-hetero) is 1. The van der Waals surface area contributed by atoms with E-state index in [1.165, 1.54) is 37.8 Å². The summed E-state index contributed by atoms with van der Waals surface area (Å²) in [7, 11) is 0. The van der Waals surface area contributed by atoms with Crippen LogP contribution in [0, 0.1) is 11.7 Å². The van der Waals surface area contributed by atoms with Crippen molar-refractivity contribution >= 4 is 5.78 Å². The van der Waals surface area contributed by atoms with E-state index in [1.807, 2.05) is 6.92 Å². The topological polar surface area (TPSA) is 33.2 Å². The maximum atomic E-state index is 12.9. The average Bonchev–Trinajstić information content (AvgIpc) is 2.72. The van der Waals surface area contributed by atoms with E-state index in [4.69, 9.17) is 0 Å². The highest BCUT2D eigenvalue weighted by atomic mass is 19.1. The molecule has 0 saturated carbocycles. The summed E-state index contributed by atoms with van der Waals surface area (Å²) >= 11 is 0. The van der Waals surface area contributed by atoms with Crippen LogP contribution in [0.2, 0.25) is 0 Å². The minimum absolute atomic E-state index is 0.00843. The molecule has 116 valence electrons. The standard InChI is InChI=1S/C17H25FN2O/c1-3-15-7-5-4-6-10-20(15)12-13(2)17(21)16-9-8-14(18)11-19-16/h8-9,11,13,15H,3-7,10,12H2,1-2H3. The number of hydrogen-bond donors (Lipinski definition) is 0. The van der Waals surface area contributed by atoms with E-state index >= 15 is 0 Å². The Kier molecular flexibility index (Phi) is 5.85. The van der Waals surface area contributed by atoms with Gasteiger partial charge >= 0.3 is 0 Å². The molecule has 1 aromatic heterocycles. The Morgan fingerprint density at radius 2 is 2.24 bits per heavy atom. The Bertz CT molecular complexity index is 460. The zero-order chi connectivity index (χ0) is 15.2. The molecule has 0 amide bonds. The maximum Gasteiger partial charge on any atom is 0.185 e. The average molecular weight is 292 g/mol. The molecule has 1 aliphatic rings. The lowest BCUT2D eigenvalue weighted by Gasteiger charge is -2.31. The van der Waals surface area contributed by atoms with Gasteiger partial charge in [0.1, 0.15) is 11.5 Å². The molecule has 0 aromatic carbocycles. The molecule has 2 rings (SSSR count). The smallest absolute Gasteiger partial charge is 0.185 e. The van der Waals surface area contributed by atoms with Gasteiger partial charge in [-0.05, 0) is 37.9 Å². The summed E-state index contributed by atoms with van der Waals surface area (Å²) in [6, 6.07) is 3.37. The summed E-state index contributed by atoms with van der Waals surface area (Å²) in [6.07, 6.45) is 7.26. The van der Waals surface area contributed by atoms with Gasteiger partial charge in [-0.2, -0.15) is 0 Å². The summed E-state index contributed by atoms with van der Waals surface area (Å²) in [5.41, 5.74) is 0.367. The third-order valence-corrected chi connectivity index (χ3v) is 4.41. The van der Waals surface area contributed by atoms with Gasteiger partial charge in [-0.25, -0.2) is 4.39 Å². The Balaban J connectivity index is 2.00. The van der Waals surface area contributed by atoms with Crippen molar-refractivity contribution in [3.8, 4) is 0 Å². The number of pyridine rings is 1. The zero-order valence-corrected chi connectivity index (χ0v) is 13.0. The fraction of sp³-hybridized carbons (Fsp3) is 0.647. The van der Waals surface area contributed by atoms with E-state index in [1.54, 1.807) is 0 Å². The van der Waals surface area contributed by atoms with Crippen molar-refractivity contribution in [3.05, 3.63) is 29.8 Å². The van der Waals surface area contributed by atoms with Crippen molar-refractivity contribution < 1.29 is 9.18 Å². The highest BCUT2D eigenvalue weighted by Crippen LogP contribution is 2.21. The molecule has 0 bridgehead atoms. The lowest BCUT2D eigenvalue weighted by atomic mass is 10.0. The lowest BCUT2D eigenvalue weighted by molar-refractivity contribution is 0.0860. The van der Waals surface area contributed by atoms with Crippen LogP contribution >= 0.6 is 0 Å². The molecule has 3 nitrogen and oxygen atoms in total. The molecule has 0 N–H and O–H groups in total. The monoisotopic (exact) mass is 292 g/mol. The van der Waals surface area contributed by atoms with Crippen molar-refractivity contribution in [1.29, 1.82) is 0 Å². The van der Waals surface area contributed by atoms with Crippen LogP contribution in [0.1, 0.15) is 56.4 Å². The summed E-state index contributed by atoms with van der Waals surface area (Å²) in [4.78, 5) is 18.8. The van der Waals surface area contributed by atoms with E-state index in [0.717, 1.165) is 25.7 Å². The minimum atomic E-state index is -0.405. The number of carbonyl (C=O) groups is 1. The van der Waals surface area contributed by atoms with Crippen LogP contribution in [0.5, 0.6) is 0 Å². The highest BCUT2D eigenvalue weighted by Gasteiger charge is 2.24. The number of ketones is 1. The Labute approximate surface area is 126 Å². The second kappa shape index (κ2) is 7.64. The van der Waals surface area contributed by atoms with Crippen LogP contribution in [-0.4, -0.2) is 34.8 Å². The third-order valence-electron chi connectivity index (χ3n) is 4.41. The quantitative estimate of drug-likeness (QED) is 0.776. The predicted octanol–water partition coefficient (Wildman–Crippen LogP) is 3.69. The largest absolute Gasteiger partial charge is 0.300 e. The van der Waals surface area contributed by atoms with Crippen molar-refractivity contribution in [3.63, 3.8) is 0 Å². The first-order chi connectivity index (χ1) is 10.1. The molecule has 4 heteroatoms. The first-order valence-corrected chi connectivity index (χ1v) is 8.01. The van der Waals surface area contributed by atoms with Gasteiger partial charge in [0.15, 0.2) is 5.78 Å². The van der Waals surface area contributed by atoms with Gasteiger partial charge in [0, 0.05) is 18.5 Å². The molecular formula is C17H25FN2O. The zero-order valence-electron chi connectivity index (χ0n) is 13.0. The van der Waals surface area contributed by atoms with Crippen LogP contribution < -0.4 is 0 Å². The molecule has 21 heavy (non-hydrogen) atoms. The molecule has 1 aliphatic heterocycles. The number of aromatic nitrogens is 1. The molecule has 1 aromatic rings. The minimum Gasteiger partial charge on any atom is -0.300 e. The number of halogens is 1. The molecule has 0 aliphatic carbocycles. The normalized spacial score (nSPS) is 21.8. The highest BCUT2D eigenvalue weighted by molar-refractivity contribution is 5.95. The van der Waals surface area contributed by atoms with Crippen molar-refractivity contribution in [2.75, 3.05) is 13.1 Å². The fourth-order valence-corrected chi connectivity index (χ4v) is 3.15. The summed E-state index contributed by atoms with van der Waals surface area (Å²) in [6.45, 7) is 6.02. The van der Waals surface area contributed by atoms with Gasteiger partial charge < -0.3 is 0 Å². The van der Waals surface area contributed by atoms with E-state index in [0.29, 0.717) is 11.7 Å². The number of rotatable bonds is 5. The van der Waals surface area contributed by atoms with Crippen LogP contribution in [0.3, 0.4) is 0 Å². The molecular weight excluding hydrogens is 267 g/mol. The number of hydrogen-bond acceptors (Lipinski definition) is 3. The molecule has 2 heterocycles. The van der Waals surface area contributed by atoms with Crippen LogP contribution in [0.25, 0.3) is 0 Å². The predicted molar refractivity (Wildman–Crippen MR) is 81.8 cm³/mol. The van der Waals surface area contributed by atoms with Gasteiger partial charge in [0.2, 0.25) is 0 Å². The van der Waals surface area contributed by atoms with Gasteiger partial charge in [0.05, 0.1) is 6.20 Å². The van der Waals surface area contributed by atoms with E-state index in [9.17, 15) is 9.18 Å². The number of carbonyl (C=O) groups excluding carboxylic acids is 1. The van der Waals surface area contributed by atoms with Crippen molar-refractivity contribution in [2.24, 2.45) is 5.92 Å². The van der Waals surface area contributed by atoms with Crippen molar-refractivity contribution in [1.82, 2.24) is 9.88 Å². The van der Waals surface area contributed by atoms with E-state index in [-0.39, 0.29) is 11.7 Å². The van der Waals surface area contributed by atoms with Gasteiger partial charge in [-0.15, -0.1) is 0 Å². The molecule has 2 unspecified atom stereocenters. The first kappa shape index (κ1) is 16.1. The second-order valence-corrected chi connectivity index (χ2v) is 6.03. The van der Waals surface area contributed by atoms with Crippen LogP contribution in [0.4, 0.5) is 4.39 Å². The first-order valence-electron chi connectivity index (χ1n) is 8.01. The van der Waals surface area contributed by atoms with Crippen LogP contribution in [-0.2, 0) is 0 Å². The molecule has 2 atom stereocenters. The number of likely N-dealkylation sites (tertiary alicyclic amines) is 1. The van der Waals surface area contributed by atoms with Gasteiger partial charge in [-0.3, -0.25) is 14.7 Å². The lowest BCUT2D eigenvalue weighted by Crippen LogP contribution is -2.39. The van der Waals surface area contributed by atoms with E-state index in [2.05, 4.69) is 16.8 Å².